The van der Waals surface area contributed by atoms with E-state index in [1.807, 2.05) is 24.3 Å². The summed E-state index contributed by atoms with van der Waals surface area (Å²) in [5, 5.41) is 7.50. The van der Waals surface area contributed by atoms with Crippen LogP contribution < -0.4 is 16.0 Å². The molecule has 3 amide bonds. The molecule has 0 aliphatic carbocycles. The van der Waals surface area contributed by atoms with E-state index in [4.69, 9.17) is 0 Å². The van der Waals surface area contributed by atoms with Crippen LogP contribution in [0.15, 0.2) is 48.5 Å². The van der Waals surface area contributed by atoms with Gasteiger partial charge in [-0.2, -0.15) is 13.2 Å². The minimum atomic E-state index is -4.42. The monoisotopic (exact) mass is 433 g/mol. The summed E-state index contributed by atoms with van der Waals surface area (Å²) >= 11 is 0. The maximum absolute atomic E-state index is 12.9. The van der Waals surface area contributed by atoms with Gasteiger partial charge in [-0.25, -0.2) is 0 Å². The number of carbonyl (C=O) groups is 3. The first-order valence-corrected chi connectivity index (χ1v) is 9.66. The fourth-order valence-corrected chi connectivity index (χ4v) is 3.26. The number of carbonyl (C=O) groups excluding carboxylic acids is 3. The van der Waals surface area contributed by atoms with E-state index in [0.717, 1.165) is 11.1 Å². The molecule has 0 fully saturated rings. The molecule has 164 valence electrons. The van der Waals surface area contributed by atoms with E-state index >= 15 is 0 Å². The number of rotatable bonds is 5. The van der Waals surface area contributed by atoms with E-state index in [2.05, 4.69) is 16.0 Å². The summed E-state index contributed by atoms with van der Waals surface area (Å²) in [5.41, 5.74) is 0.967. The van der Waals surface area contributed by atoms with E-state index in [0.29, 0.717) is 11.3 Å². The Morgan fingerprint density at radius 1 is 0.968 bits per heavy atom. The first kappa shape index (κ1) is 22.3. The number of halogens is 3. The number of fused-ring (bicyclic) bond motifs is 3. The second-order valence-corrected chi connectivity index (χ2v) is 7.77. The van der Waals surface area contributed by atoms with Gasteiger partial charge in [-0.05, 0) is 31.0 Å². The molecule has 1 aliphatic heterocycles. The minimum Gasteiger partial charge on any atom is -0.355 e. The molecule has 0 spiro atoms. The predicted octanol–water partition coefficient (Wildman–Crippen LogP) is 3.56. The molecule has 0 saturated carbocycles. The van der Waals surface area contributed by atoms with Gasteiger partial charge in [0.05, 0.1) is 6.42 Å². The van der Waals surface area contributed by atoms with E-state index < -0.39 is 48.3 Å². The normalized spacial score (nSPS) is 15.8. The molecule has 0 unspecified atom stereocenters. The molecule has 0 bridgehead atoms. The molecule has 0 saturated heterocycles. The lowest BCUT2D eigenvalue weighted by atomic mass is 9.89. The Kier molecular flexibility index (Phi) is 6.06. The van der Waals surface area contributed by atoms with E-state index in [1.54, 1.807) is 24.3 Å². The van der Waals surface area contributed by atoms with Crippen molar-refractivity contribution in [3.05, 3.63) is 54.1 Å². The SMILES string of the molecule is CC(C)(C(=O)NCCC(F)(F)F)C(=O)N[C@H]1C(=O)Nc2ccccc2-c2ccccc21. The third-order valence-corrected chi connectivity index (χ3v) is 5.11. The van der Waals surface area contributed by atoms with Crippen LogP contribution >= 0.6 is 0 Å². The van der Waals surface area contributed by atoms with Gasteiger partial charge in [0, 0.05) is 17.8 Å². The molecule has 2 aromatic rings. The number of hydrogen-bond donors (Lipinski definition) is 3. The van der Waals surface area contributed by atoms with Gasteiger partial charge in [0.25, 0.3) is 5.91 Å². The topological polar surface area (TPSA) is 87.3 Å². The highest BCUT2D eigenvalue weighted by Gasteiger charge is 2.40. The van der Waals surface area contributed by atoms with Crippen molar-refractivity contribution in [2.45, 2.75) is 32.5 Å². The lowest BCUT2D eigenvalue weighted by molar-refractivity contribution is -0.144. The molecule has 3 N–H and O–H groups in total. The molecule has 6 nitrogen and oxygen atoms in total. The summed E-state index contributed by atoms with van der Waals surface area (Å²) in [6.45, 7) is 1.95. The molecule has 0 radical (unpaired) electrons. The number of benzene rings is 2. The maximum Gasteiger partial charge on any atom is 0.390 e. The summed E-state index contributed by atoms with van der Waals surface area (Å²) in [6.07, 6.45) is -5.62. The van der Waals surface area contributed by atoms with Gasteiger partial charge in [0.1, 0.15) is 11.5 Å². The fourth-order valence-electron chi connectivity index (χ4n) is 3.26. The maximum atomic E-state index is 12.9. The molecule has 2 aromatic carbocycles. The summed E-state index contributed by atoms with van der Waals surface area (Å²) in [6, 6.07) is 13.2. The number of hydrogen-bond acceptors (Lipinski definition) is 3. The molecule has 1 atom stereocenters. The van der Waals surface area contributed by atoms with Crippen molar-refractivity contribution in [1.29, 1.82) is 0 Å². The van der Waals surface area contributed by atoms with Crippen LogP contribution in [0.4, 0.5) is 18.9 Å². The van der Waals surface area contributed by atoms with Crippen LogP contribution in [-0.4, -0.2) is 30.4 Å². The average Bonchev–Trinajstić information content (AvgIpc) is 2.82. The Bertz CT molecular complexity index is 1020. The van der Waals surface area contributed by atoms with Crippen molar-refractivity contribution in [3.8, 4) is 11.1 Å². The zero-order valence-electron chi connectivity index (χ0n) is 17.0. The number of nitrogens with one attached hydrogen (secondary N) is 3. The lowest BCUT2D eigenvalue weighted by Gasteiger charge is -2.26. The summed E-state index contributed by atoms with van der Waals surface area (Å²) in [7, 11) is 0. The highest BCUT2D eigenvalue weighted by molar-refractivity contribution is 6.08. The van der Waals surface area contributed by atoms with Crippen LogP contribution in [0.5, 0.6) is 0 Å². The van der Waals surface area contributed by atoms with E-state index in [1.165, 1.54) is 13.8 Å². The Labute approximate surface area is 177 Å². The highest BCUT2D eigenvalue weighted by Crippen LogP contribution is 2.37. The van der Waals surface area contributed by atoms with Crippen LogP contribution in [0.2, 0.25) is 0 Å². The molecular weight excluding hydrogens is 411 g/mol. The van der Waals surface area contributed by atoms with Crippen LogP contribution in [0.1, 0.15) is 31.9 Å². The van der Waals surface area contributed by atoms with Gasteiger partial charge in [-0.3, -0.25) is 14.4 Å². The molecular formula is C22H22F3N3O3. The quantitative estimate of drug-likeness (QED) is 0.630. The lowest BCUT2D eigenvalue weighted by Crippen LogP contribution is -2.50. The summed E-state index contributed by atoms with van der Waals surface area (Å²) in [5.74, 6) is -2.13. The molecule has 31 heavy (non-hydrogen) atoms. The Hall–Kier alpha value is -3.36. The van der Waals surface area contributed by atoms with Crippen molar-refractivity contribution < 1.29 is 27.6 Å². The van der Waals surface area contributed by atoms with Crippen molar-refractivity contribution in [2.24, 2.45) is 5.41 Å². The summed E-state index contributed by atoms with van der Waals surface area (Å²) in [4.78, 5) is 38.2. The Morgan fingerprint density at radius 3 is 2.26 bits per heavy atom. The van der Waals surface area contributed by atoms with Gasteiger partial charge in [0.15, 0.2) is 0 Å². The van der Waals surface area contributed by atoms with E-state index in [-0.39, 0.29) is 0 Å². The third kappa shape index (κ3) is 4.87. The Balaban J connectivity index is 1.82. The van der Waals surface area contributed by atoms with Crippen molar-refractivity contribution in [2.75, 3.05) is 11.9 Å². The number of para-hydroxylation sites is 1. The van der Waals surface area contributed by atoms with Crippen molar-refractivity contribution in [3.63, 3.8) is 0 Å². The number of amides is 3. The summed E-state index contributed by atoms with van der Waals surface area (Å²) < 4.78 is 37.0. The van der Waals surface area contributed by atoms with Crippen LogP contribution in [-0.2, 0) is 14.4 Å². The first-order chi connectivity index (χ1) is 14.5. The van der Waals surface area contributed by atoms with Gasteiger partial charge in [0.2, 0.25) is 11.8 Å². The first-order valence-electron chi connectivity index (χ1n) is 9.66. The predicted molar refractivity (Wildman–Crippen MR) is 109 cm³/mol. The molecule has 1 aliphatic rings. The van der Waals surface area contributed by atoms with Crippen molar-refractivity contribution >= 4 is 23.4 Å². The largest absolute Gasteiger partial charge is 0.390 e. The molecule has 0 aromatic heterocycles. The van der Waals surface area contributed by atoms with Gasteiger partial charge in [-0.1, -0.05) is 42.5 Å². The molecule has 1 heterocycles. The Morgan fingerprint density at radius 2 is 1.58 bits per heavy atom. The van der Waals surface area contributed by atoms with Crippen LogP contribution in [0.25, 0.3) is 11.1 Å². The van der Waals surface area contributed by atoms with Crippen LogP contribution in [0.3, 0.4) is 0 Å². The smallest absolute Gasteiger partial charge is 0.355 e. The van der Waals surface area contributed by atoms with Gasteiger partial charge in [-0.15, -0.1) is 0 Å². The fraction of sp³-hybridized carbons (Fsp3) is 0.318. The van der Waals surface area contributed by atoms with E-state index in [9.17, 15) is 27.6 Å². The standard InChI is InChI=1S/C22H22F3N3O3/c1-21(2,19(30)26-12-11-22(23,24)25)20(31)28-17-15-9-4-3-7-13(15)14-8-5-6-10-16(14)27-18(17)29/h3-10,17H,11-12H2,1-2H3,(H,26,30)(H,27,29)(H,28,31)/t17-/m1/s1. The molecule has 3 rings (SSSR count). The number of anilines is 1. The average molecular weight is 433 g/mol. The van der Waals surface area contributed by atoms with Crippen LogP contribution in [0, 0.1) is 5.41 Å². The zero-order valence-corrected chi connectivity index (χ0v) is 17.0. The highest BCUT2D eigenvalue weighted by atomic mass is 19.4. The minimum absolute atomic E-state index is 0.487. The zero-order chi connectivity index (χ0) is 22.8. The van der Waals surface area contributed by atoms with Gasteiger partial charge < -0.3 is 16.0 Å². The second-order valence-electron chi connectivity index (χ2n) is 7.77. The molecule has 9 heteroatoms. The van der Waals surface area contributed by atoms with Crippen molar-refractivity contribution in [1.82, 2.24) is 10.6 Å². The second kappa shape index (κ2) is 8.41. The third-order valence-electron chi connectivity index (χ3n) is 5.11. The van der Waals surface area contributed by atoms with Gasteiger partial charge >= 0.3 is 6.18 Å². The number of alkyl halides is 3.